The van der Waals surface area contributed by atoms with E-state index in [-0.39, 0.29) is 17.7 Å². The van der Waals surface area contributed by atoms with Crippen LogP contribution in [-0.2, 0) is 9.59 Å². The third kappa shape index (κ3) is 4.46. The minimum Gasteiger partial charge on any atom is -0.497 e. The Hall–Kier alpha value is -2.28. The van der Waals surface area contributed by atoms with Crippen molar-refractivity contribution in [2.45, 2.75) is 12.8 Å². The van der Waals surface area contributed by atoms with Gasteiger partial charge in [0.1, 0.15) is 5.75 Å². The molecule has 142 valence electrons. The molecular weight excluding hydrogens is 332 g/mol. The van der Waals surface area contributed by atoms with E-state index < -0.39 is 0 Å². The molecule has 0 radical (unpaired) electrons. The van der Waals surface area contributed by atoms with E-state index in [1.165, 1.54) is 4.90 Å². The highest BCUT2D eigenvalue weighted by Gasteiger charge is 2.30. The fourth-order valence-electron chi connectivity index (χ4n) is 3.83. The standard InChI is InChI=1S/C19H28N4O3/c1-26-17-6-2-5-16(12-17)22-10-8-21(9-11-22)14-18(24)23-7-3-4-15(13-23)19(20)25/h2,5-6,12,15H,3-4,7-11,13-14H2,1H3,(H2,20,25)/p+1/t15-/m1/s1. The summed E-state index contributed by atoms with van der Waals surface area (Å²) in [4.78, 5) is 29.4. The zero-order valence-corrected chi connectivity index (χ0v) is 15.4. The number of carbonyl (C=O) groups is 2. The van der Waals surface area contributed by atoms with E-state index >= 15 is 0 Å². The molecule has 2 fully saturated rings. The zero-order chi connectivity index (χ0) is 18.5. The Morgan fingerprint density at radius 3 is 2.73 bits per heavy atom. The van der Waals surface area contributed by atoms with Crippen molar-refractivity contribution in [3.8, 4) is 5.75 Å². The zero-order valence-electron chi connectivity index (χ0n) is 15.4. The van der Waals surface area contributed by atoms with Crippen LogP contribution in [0.3, 0.4) is 0 Å². The van der Waals surface area contributed by atoms with Crippen molar-refractivity contribution in [2.75, 3.05) is 57.8 Å². The van der Waals surface area contributed by atoms with E-state index in [4.69, 9.17) is 10.5 Å². The summed E-state index contributed by atoms with van der Waals surface area (Å²) in [6, 6.07) is 8.09. The molecule has 2 saturated heterocycles. The number of carbonyl (C=O) groups excluding carboxylic acids is 2. The minimum absolute atomic E-state index is 0.140. The first-order valence-electron chi connectivity index (χ1n) is 9.36. The van der Waals surface area contributed by atoms with Crippen molar-refractivity contribution in [2.24, 2.45) is 11.7 Å². The van der Waals surface area contributed by atoms with Crippen LogP contribution in [0.5, 0.6) is 5.75 Å². The smallest absolute Gasteiger partial charge is 0.277 e. The highest BCUT2D eigenvalue weighted by molar-refractivity contribution is 5.80. The molecule has 0 spiro atoms. The summed E-state index contributed by atoms with van der Waals surface area (Å²) in [7, 11) is 1.68. The number of hydrogen-bond acceptors (Lipinski definition) is 4. The van der Waals surface area contributed by atoms with E-state index in [1.807, 2.05) is 23.1 Å². The molecule has 2 aliphatic heterocycles. The van der Waals surface area contributed by atoms with E-state index in [2.05, 4.69) is 11.0 Å². The van der Waals surface area contributed by atoms with Gasteiger partial charge in [-0.05, 0) is 25.0 Å². The molecule has 2 heterocycles. The monoisotopic (exact) mass is 361 g/mol. The number of piperazine rings is 1. The Balaban J connectivity index is 1.49. The van der Waals surface area contributed by atoms with Crippen molar-refractivity contribution < 1.29 is 19.2 Å². The van der Waals surface area contributed by atoms with Crippen molar-refractivity contribution in [1.29, 1.82) is 0 Å². The predicted octanol–water partition coefficient (Wildman–Crippen LogP) is -0.876. The average Bonchev–Trinajstić information content (AvgIpc) is 2.68. The Morgan fingerprint density at radius 2 is 2.04 bits per heavy atom. The molecule has 3 N–H and O–H groups in total. The second-order valence-corrected chi connectivity index (χ2v) is 7.20. The average molecular weight is 361 g/mol. The summed E-state index contributed by atoms with van der Waals surface area (Å²) < 4.78 is 5.30. The van der Waals surface area contributed by atoms with Gasteiger partial charge in [-0.3, -0.25) is 9.59 Å². The molecule has 1 atom stereocenters. The fraction of sp³-hybridized carbons (Fsp3) is 0.579. The van der Waals surface area contributed by atoms with Gasteiger partial charge < -0.3 is 25.2 Å². The molecule has 1 aromatic rings. The first kappa shape index (κ1) is 18.5. The number of rotatable bonds is 5. The number of nitrogens with zero attached hydrogens (tertiary/aromatic N) is 2. The van der Waals surface area contributed by atoms with Gasteiger partial charge in [0, 0.05) is 24.8 Å². The highest BCUT2D eigenvalue weighted by Crippen LogP contribution is 2.20. The fourth-order valence-corrected chi connectivity index (χ4v) is 3.83. The Labute approximate surface area is 154 Å². The number of ether oxygens (including phenoxy) is 1. The first-order chi connectivity index (χ1) is 12.6. The van der Waals surface area contributed by atoms with Crippen LogP contribution < -0.4 is 20.3 Å². The lowest BCUT2D eigenvalue weighted by molar-refractivity contribution is -0.892. The molecule has 7 heteroatoms. The molecule has 3 rings (SSSR count). The van der Waals surface area contributed by atoms with Crippen LogP contribution in [0.4, 0.5) is 5.69 Å². The third-order valence-corrected chi connectivity index (χ3v) is 5.47. The summed E-state index contributed by atoms with van der Waals surface area (Å²) in [5.74, 6) is 0.525. The van der Waals surface area contributed by atoms with Gasteiger partial charge in [-0.2, -0.15) is 0 Å². The van der Waals surface area contributed by atoms with Crippen LogP contribution in [-0.4, -0.2) is 69.6 Å². The second kappa shape index (κ2) is 8.40. The molecule has 2 aliphatic rings. The van der Waals surface area contributed by atoms with Crippen LogP contribution in [0.2, 0.25) is 0 Å². The lowest BCUT2D eigenvalue weighted by Crippen LogP contribution is -3.16. The maximum absolute atomic E-state index is 12.6. The van der Waals surface area contributed by atoms with Crippen molar-refractivity contribution >= 4 is 17.5 Å². The molecule has 0 bridgehead atoms. The number of piperidine rings is 1. The molecule has 0 aromatic heterocycles. The number of benzene rings is 1. The topological polar surface area (TPSA) is 80.3 Å². The largest absolute Gasteiger partial charge is 0.497 e. The van der Waals surface area contributed by atoms with E-state index in [0.29, 0.717) is 13.1 Å². The summed E-state index contributed by atoms with van der Waals surface area (Å²) >= 11 is 0. The van der Waals surface area contributed by atoms with Crippen molar-refractivity contribution in [1.82, 2.24) is 4.90 Å². The van der Waals surface area contributed by atoms with Crippen LogP contribution in [0.1, 0.15) is 12.8 Å². The Kier molecular flexibility index (Phi) is 5.98. The maximum atomic E-state index is 12.6. The SMILES string of the molecule is COc1cccc(N2CC[NH+](CC(=O)N3CCC[C@@H](C(N)=O)C3)CC2)c1. The van der Waals surface area contributed by atoms with Crippen molar-refractivity contribution in [3.05, 3.63) is 24.3 Å². The van der Waals surface area contributed by atoms with Crippen LogP contribution >= 0.6 is 0 Å². The summed E-state index contributed by atoms with van der Waals surface area (Å²) in [6.07, 6.45) is 1.66. The van der Waals surface area contributed by atoms with Crippen molar-refractivity contribution in [3.63, 3.8) is 0 Å². The van der Waals surface area contributed by atoms with E-state index in [1.54, 1.807) is 7.11 Å². The molecule has 2 amide bonds. The number of methoxy groups -OCH3 is 1. The minimum atomic E-state index is -0.290. The second-order valence-electron chi connectivity index (χ2n) is 7.20. The number of amides is 2. The number of quaternary nitrogens is 1. The lowest BCUT2D eigenvalue weighted by atomic mass is 9.97. The van der Waals surface area contributed by atoms with E-state index in [9.17, 15) is 9.59 Å². The third-order valence-electron chi connectivity index (χ3n) is 5.47. The van der Waals surface area contributed by atoms with Crippen LogP contribution in [0, 0.1) is 5.92 Å². The molecule has 1 aromatic carbocycles. The van der Waals surface area contributed by atoms with E-state index in [0.717, 1.165) is 57.0 Å². The van der Waals surface area contributed by atoms with Gasteiger partial charge in [0.25, 0.3) is 5.91 Å². The normalized spacial score (nSPS) is 21.5. The molecule has 0 aliphatic carbocycles. The Bertz CT molecular complexity index is 643. The molecule has 26 heavy (non-hydrogen) atoms. The van der Waals surface area contributed by atoms with Gasteiger partial charge in [-0.1, -0.05) is 6.07 Å². The molecule has 7 nitrogen and oxygen atoms in total. The van der Waals surface area contributed by atoms with Gasteiger partial charge in [0.15, 0.2) is 6.54 Å². The quantitative estimate of drug-likeness (QED) is 0.714. The number of likely N-dealkylation sites (tertiary alicyclic amines) is 1. The van der Waals surface area contributed by atoms with Gasteiger partial charge in [-0.25, -0.2) is 0 Å². The number of hydrogen-bond donors (Lipinski definition) is 2. The number of nitrogens with two attached hydrogens (primary N) is 1. The van der Waals surface area contributed by atoms with Gasteiger partial charge in [0.2, 0.25) is 5.91 Å². The number of nitrogens with one attached hydrogen (secondary N) is 1. The summed E-state index contributed by atoms with van der Waals surface area (Å²) in [6.45, 7) is 5.41. The first-order valence-corrected chi connectivity index (χ1v) is 9.36. The maximum Gasteiger partial charge on any atom is 0.277 e. The lowest BCUT2D eigenvalue weighted by Gasteiger charge is -2.35. The van der Waals surface area contributed by atoms with Crippen LogP contribution in [0.15, 0.2) is 24.3 Å². The summed E-state index contributed by atoms with van der Waals surface area (Å²) in [5, 5.41) is 0. The van der Waals surface area contributed by atoms with Gasteiger partial charge in [0.05, 0.1) is 39.2 Å². The molecule has 0 saturated carbocycles. The highest BCUT2D eigenvalue weighted by atomic mass is 16.5. The number of anilines is 1. The molecule has 0 unspecified atom stereocenters. The van der Waals surface area contributed by atoms with Gasteiger partial charge in [-0.15, -0.1) is 0 Å². The Morgan fingerprint density at radius 1 is 1.27 bits per heavy atom. The molecular formula is C19H29N4O3+. The predicted molar refractivity (Wildman–Crippen MR) is 99.3 cm³/mol. The number of primary amides is 1. The summed E-state index contributed by atoms with van der Waals surface area (Å²) in [5.41, 5.74) is 6.57. The van der Waals surface area contributed by atoms with Crippen LogP contribution in [0.25, 0.3) is 0 Å². The van der Waals surface area contributed by atoms with Gasteiger partial charge >= 0.3 is 0 Å².